The third kappa shape index (κ3) is 5.29. The molecule has 1 atom stereocenters. The molecule has 2 fully saturated rings. The average molecular weight is 444 g/mol. The smallest absolute Gasteiger partial charge is 0.351 e. The Morgan fingerprint density at radius 3 is 2.50 bits per heavy atom. The third-order valence-corrected chi connectivity index (χ3v) is 7.08. The van der Waals surface area contributed by atoms with Crippen molar-refractivity contribution in [2.75, 3.05) is 18.8 Å². The molecule has 30 heavy (non-hydrogen) atoms. The fraction of sp³-hybridized carbons (Fsp3) is 0.619. The van der Waals surface area contributed by atoms with Gasteiger partial charge in [-0.25, -0.2) is 0 Å². The average Bonchev–Trinajstić information content (AvgIpc) is 3.09. The number of carbonyl (C=O) groups is 2. The Balaban J connectivity index is 1.51. The highest BCUT2D eigenvalue weighted by Gasteiger charge is 2.45. The van der Waals surface area contributed by atoms with E-state index in [9.17, 15) is 22.8 Å². The van der Waals surface area contributed by atoms with Gasteiger partial charge in [-0.3, -0.25) is 14.9 Å². The molecule has 2 amide bonds. The second-order valence-electron chi connectivity index (χ2n) is 8.96. The maximum absolute atomic E-state index is 12.8. The van der Waals surface area contributed by atoms with E-state index in [0.29, 0.717) is 24.4 Å². The van der Waals surface area contributed by atoms with Crippen molar-refractivity contribution >= 4 is 23.6 Å². The van der Waals surface area contributed by atoms with Crippen LogP contribution < -0.4 is 10.6 Å². The minimum absolute atomic E-state index is 0.0481. The summed E-state index contributed by atoms with van der Waals surface area (Å²) in [4.78, 5) is 26.7. The van der Waals surface area contributed by atoms with Gasteiger partial charge in [0.05, 0.1) is 16.5 Å². The SMILES string of the molecule is CC(C)(C)C(=O)N1CCC2(CC1)NC(C(=O)NCc1cccc(C(F)(F)F)c1)CS2. The van der Waals surface area contributed by atoms with E-state index in [1.165, 1.54) is 6.07 Å². The summed E-state index contributed by atoms with van der Waals surface area (Å²) in [5.41, 5.74) is -0.723. The summed E-state index contributed by atoms with van der Waals surface area (Å²) in [5.74, 6) is 0.516. The van der Waals surface area contributed by atoms with Crippen LogP contribution in [0.5, 0.6) is 0 Å². The van der Waals surface area contributed by atoms with Crippen LogP contribution in [0.15, 0.2) is 24.3 Å². The minimum atomic E-state index is -4.40. The molecular weight excluding hydrogens is 415 g/mol. The maximum Gasteiger partial charge on any atom is 0.416 e. The van der Waals surface area contributed by atoms with Gasteiger partial charge in [-0.2, -0.15) is 13.2 Å². The van der Waals surface area contributed by atoms with Gasteiger partial charge in [0.1, 0.15) is 0 Å². The highest BCUT2D eigenvalue weighted by Crippen LogP contribution is 2.40. The molecule has 1 aromatic carbocycles. The number of amides is 2. The summed E-state index contributed by atoms with van der Waals surface area (Å²) in [5, 5.41) is 6.15. The van der Waals surface area contributed by atoms with Crippen LogP contribution in [-0.2, 0) is 22.3 Å². The molecule has 2 aliphatic heterocycles. The highest BCUT2D eigenvalue weighted by atomic mass is 32.2. The van der Waals surface area contributed by atoms with Gasteiger partial charge >= 0.3 is 6.18 Å². The van der Waals surface area contributed by atoms with Crippen LogP contribution in [0.2, 0.25) is 0 Å². The Morgan fingerprint density at radius 2 is 1.90 bits per heavy atom. The molecule has 1 spiro atoms. The van der Waals surface area contributed by atoms with Crippen LogP contribution in [0.25, 0.3) is 0 Å². The first kappa shape index (κ1) is 22.9. The van der Waals surface area contributed by atoms with Gasteiger partial charge in [0.25, 0.3) is 0 Å². The highest BCUT2D eigenvalue weighted by molar-refractivity contribution is 8.01. The van der Waals surface area contributed by atoms with E-state index >= 15 is 0 Å². The van der Waals surface area contributed by atoms with Crippen LogP contribution in [0.1, 0.15) is 44.7 Å². The third-order valence-electron chi connectivity index (χ3n) is 5.50. The van der Waals surface area contributed by atoms with Crippen molar-refractivity contribution < 1.29 is 22.8 Å². The normalized spacial score (nSPS) is 21.7. The number of rotatable bonds is 3. The molecule has 0 radical (unpaired) electrons. The lowest BCUT2D eigenvalue weighted by Gasteiger charge is -2.41. The van der Waals surface area contributed by atoms with Crippen molar-refractivity contribution in [3.05, 3.63) is 35.4 Å². The van der Waals surface area contributed by atoms with Crippen molar-refractivity contribution in [2.24, 2.45) is 5.41 Å². The molecule has 2 N–H and O–H groups in total. The molecule has 1 aromatic rings. The summed E-state index contributed by atoms with van der Waals surface area (Å²) in [7, 11) is 0. The van der Waals surface area contributed by atoms with Crippen molar-refractivity contribution in [3.63, 3.8) is 0 Å². The van der Waals surface area contributed by atoms with Crippen molar-refractivity contribution in [2.45, 2.75) is 57.2 Å². The molecule has 3 rings (SSSR count). The number of hydrogen-bond donors (Lipinski definition) is 2. The van der Waals surface area contributed by atoms with E-state index in [1.807, 2.05) is 25.7 Å². The summed E-state index contributed by atoms with van der Waals surface area (Å²) in [6, 6.07) is 4.58. The molecule has 0 saturated carbocycles. The van der Waals surface area contributed by atoms with Gasteiger partial charge in [-0.05, 0) is 30.5 Å². The zero-order valence-electron chi connectivity index (χ0n) is 17.4. The Labute approximate surface area is 179 Å². The van der Waals surface area contributed by atoms with Crippen molar-refractivity contribution in [1.82, 2.24) is 15.5 Å². The molecule has 166 valence electrons. The maximum atomic E-state index is 12.8. The number of benzene rings is 1. The molecule has 9 heteroatoms. The van der Waals surface area contributed by atoms with Crippen LogP contribution >= 0.6 is 11.8 Å². The Hall–Kier alpha value is -1.74. The fourth-order valence-corrected chi connectivity index (χ4v) is 5.21. The van der Waals surface area contributed by atoms with Crippen molar-refractivity contribution in [3.8, 4) is 0 Å². The van der Waals surface area contributed by atoms with Gasteiger partial charge in [-0.1, -0.05) is 32.9 Å². The number of hydrogen-bond acceptors (Lipinski definition) is 4. The molecule has 0 aliphatic carbocycles. The van der Waals surface area contributed by atoms with Gasteiger partial charge in [0.15, 0.2) is 0 Å². The van der Waals surface area contributed by atoms with Gasteiger partial charge in [0, 0.05) is 30.8 Å². The van der Waals surface area contributed by atoms with E-state index in [4.69, 9.17) is 0 Å². The number of piperidine rings is 1. The van der Waals surface area contributed by atoms with E-state index < -0.39 is 23.2 Å². The molecule has 5 nitrogen and oxygen atoms in total. The van der Waals surface area contributed by atoms with Crippen molar-refractivity contribution in [1.29, 1.82) is 0 Å². The van der Waals surface area contributed by atoms with Crippen LogP contribution in [-0.4, -0.2) is 46.5 Å². The molecule has 0 bridgehead atoms. The standard InChI is InChI=1S/C21H28F3N3O2S/c1-19(2,3)18(29)27-9-7-20(8-10-27)26-16(13-30-20)17(28)25-12-14-5-4-6-15(11-14)21(22,23)24/h4-6,11,16,26H,7-10,12-13H2,1-3H3,(H,25,28). The number of halogens is 3. The summed E-state index contributed by atoms with van der Waals surface area (Å²) < 4.78 is 38.5. The quantitative estimate of drug-likeness (QED) is 0.752. The zero-order chi connectivity index (χ0) is 22.2. The molecule has 1 unspecified atom stereocenters. The van der Waals surface area contributed by atoms with E-state index in [2.05, 4.69) is 10.6 Å². The number of likely N-dealkylation sites (tertiary alicyclic amines) is 1. The second kappa shape index (κ2) is 8.42. The lowest BCUT2D eigenvalue weighted by atomic mass is 9.92. The fourth-order valence-electron chi connectivity index (χ4n) is 3.79. The molecular formula is C21H28F3N3O2S. The molecule has 0 aromatic heterocycles. The number of carbonyl (C=O) groups excluding carboxylic acids is 2. The van der Waals surface area contributed by atoms with Gasteiger partial charge in [0.2, 0.25) is 11.8 Å². The number of alkyl halides is 3. The molecule has 2 aliphatic rings. The lowest BCUT2D eigenvalue weighted by Crippen LogP contribution is -2.55. The first-order chi connectivity index (χ1) is 13.9. The first-order valence-electron chi connectivity index (χ1n) is 10.0. The van der Waals surface area contributed by atoms with Gasteiger partial charge < -0.3 is 10.2 Å². The minimum Gasteiger partial charge on any atom is -0.351 e. The van der Waals surface area contributed by atoms with Crippen LogP contribution in [0.3, 0.4) is 0 Å². The van der Waals surface area contributed by atoms with E-state index in [1.54, 1.807) is 17.8 Å². The summed E-state index contributed by atoms with van der Waals surface area (Å²) >= 11 is 1.69. The monoisotopic (exact) mass is 443 g/mol. The van der Waals surface area contributed by atoms with Crippen LogP contribution in [0, 0.1) is 5.41 Å². The van der Waals surface area contributed by atoms with E-state index in [-0.39, 0.29) is 23.2 Å². The predicted octanol–water partition coefficient (Wildman–Crippen LogP) is 3.39. The lowest BCUT2D eigenvalue weighted by molar-refractivity contribution is -0.141. The van der Waals surface area contributed by atoms with E-state index in [0.717, 1.165) is 25.0 Å². The Morgan fingerprint density at radius 1 is 1.23 bits per heavy atom. The Kier molecular flexibility index (Phi) is 6.43. The first-order valence-corrected chi connectivity index (χ1v) is 11.0. The summed E-state index contributed by atoms with van der Waals surface area (Å²) in [6.45, 7) is 7.07. The second-order valence-corrected chi connectivity index (χ2v) is 10.4. The summed E-state index contributed by atoms with van der Waals surface area (Å²) in [6.07, 6.45) is -2.88. The topological polar surface area (TPSA) is 61.4 Å². The number of thioether (sulfide) groups is 1. The number of nitrogens with zero attached hydrogens (tertiary/aromatic N) is 1. The predicted molar refractivity (Wildman–Crippen MR) is 111 cm³/mol. The Bertz CT molecular complexity index is 799. The van der Waals surface area contributed by atoms with Gasteiger partial charge in [-0.15, -0.1) is 11.8 Å². The largest absolute Gasteiger partial charge is 0.416 e. The molecule has 2 heterocycles. The number of nitrogens with one attached hydrogen (secondary N) is 2. The molecule has 2 saturated heterocycles. The van der Waals surface area contributed by atoms with Crippen LogP contribution in [0.4, 0.5) is 13.2 Å². The zero-order valence-corrected chi connectivity index (χ0v) is 18.3.